The molecule has 1 aliphatic rings. The summed E-state index contributed by atoms with van der Waals surface area (Å²) in [6, 6.07) is 18.9. The molecule has 3 rings (SSSR count). The molecule has 2 aromatic carbocycles. The molecule has 0 bridgehead atoms. The van der Waals surface area contributed by atoms with Crippen molar-refractivity contribution in [2.75, 3.05) is 39.0 Å². The number of rotatable bonds is 9. The van der Waals surface area contributed by atoms with Crippen molar-refractivity contribution in [3.8, 4) is 5.75 Å². The molecule has 1 saturated heterocycles. The van der Waals surface area contributed by atoms with Crippen molar-refractivity contribution < 1.29 is 9.53 Å². The highest BCUT2D eigenvalue weighted by Gasteiger charge is 2.27. The lowest BCUT2D eigenvalue weighted by Gasteiger charge is -2.31. The van der Waals surface area contributed by atoms with Gasteiger partial charge in [0, 0.05) is 49.3 Å². The van der Waals surface area contributed by atoms with Gasteiger partial charge in [-0.2, -0.15) is 0 Å². The van der Waals surface area contributed by atoms with Crippen LogP contribution in [0.5, 0.6) is 5.75 Å². The van der Waals surface area contributed by atoms with Crippen LogP contribution in [0.3, 0.4) is 0 Å². The Morgan fingerprint density at radius 2 is 1.73 bits per heavy atom. The Kier molecular flexibility index (Phi) is 8.64. The minimum Gasteiger partial charge on any atom is -0.497 e. The zero-order valence-corrected chi connectivity index (χ0v) is 19.2. The highest BCUT2D eigenvalue weighted by Crippen LogP contribution is 2.25. The second-order valence-corrected chi connectivity index (χ2v) is 9.46. The monoisotopic (exact) mass is 426 g/mol. The van der Waals surface area contributed by atoms with Gasteiger partial charge in [0.25, 0.3) is 0 Å². The number of carbonyl (C=O) groups is 1. The maximum absolute atomic E-state index is 13.0. The number of methoxy groups -OCH3 is 1. The number of nitrogens with zero attached hydrogens (tertiary/aromatic N) is 2. The quantitative estimate of drug-likeness (QED) is 0.549. The van der Waals surface area contributed by atoms with E-state index in [4.69, 9.17) is 4.74 Å². The van der Waals surface area contributed by atoms with Gasteiger partial charge < -0.3 is 14.5 Å². The summed E-state index contributed by atoms with van der Waals surface area (Å²) in [6.07, 6.45) is 1.51. The minimum atomic E-state index is 0.186. The zero-order chi connectivity index (χ0) is 21.3. The van der Waals surface area contributed by atoms with Crippen LogP contribution >= 0.6 is 11.8 Å². The summed E-state index contributed by atoms with van der Waals surface area (Å²) >= 11 is 1.82. The highest BCUT2D eigenvalue weighted by atomic mass is 32.2. The molecule has 1 atom stereocenters. The number of amides is 1. The van der Waals surface area contributed by atoms with E-state index in [9.17, 15) is 4.79 Å². The average Bonchev–Trinajstić information content (AvgIpc) is 2.93. The molecular formula is C25H34N2O2S. The predicted octanol–water partition coefficient (Wildman–Crippen LogP) is 4.59. The van der Waals surface area contributed by atoms with Gasteiger partial charge in [-0.1, -0.05) is 44.2 Å². The van der Waals surface area contributed by atoms with Crippen molar-refractivity contribution in [2.45, 2.75) is 37.6 Å². The van der Waals surface area contributed by atoms with Crippen LogP contribution < -0.4 is 4.74 Å². The summed E-state index contributed by atoms with van der Waals surface area (Å²) in [7, 11) is 1.69. The second-order valence-electron chi connectivity index (χ2n) is 8.36. The van der Waals surface area contributed by atoms with E-state index in [1.807, 2.05) is 30.0 Å². The molecule has 1 heterocycles. The standard InChI is InChI=1S/C25H34N2O2S/c1-20(2)18-26-14-13-25(28)27(16-15-26)22(17-21-7-5-4-6-8-21)19-30-24-11-9-23(29-3)10-12-24/h4-12,20,22H,13-19H2,1-3H3/t22-/m0/s1. The summed E-state index contributed by atoms with van der Waals surface area (Å²) in [6.45, 7) is 8.19. The van der Waals surface area contributed by atoms with Crippen LogP contribution in [0.4, 0.5) is 0 Å². The Morgan fingerprint density at radius 3 is 2.40 bits per heavy atom. The maximum atomic E-state index is 13.0. The highest BCUT2D eigenvalue weighted by molar-refractivity contribution is 7.99. The van der Waals surface area contributed by atoms with Crippen molar-refractivity contribution in [1.29, 1.82) is 0 Å². The SMILES string of the molecule is COc1ccc(SC[C@H](Cc2ccccc2)N2CCN(CC(C)C)CCC2=O)cc1. The Morgan fingerprint density at radius 1 is 1.00 bits per heavy atom. The van der Waals surface area contributed by atoms with Crippen LogP contribution in [-0.2, 0) is 11.2 Å². The fraction of sp³-hybridized carbons (Fsp3) is 0.480. The first-order chi connectivity index (χ1) is 14.5. The van der Waals surface area contributed by atoms with Crippen LogP contribution in [0.15, 0.2) is 59.5 Å². The number of ether oxygens (including phenoxy) is 1. The van der Waals surface area contributed by atoms with E-state index in [0.717, 1.165) is 44.1 Å². The van der Waals surface area contributed by atoms with Gasteiger partial charge in [-0.25, -0.2) is 0 Å². The molecular weight excluding hydrogens is 392 g/mol. The zero-order valence-electron chi connectivity index (χ0n) is 18.4. The molecule has 1 fully saturated rings. The van der Waals surface area contributed by atoms with Crippen LogP contribution in [0.2, 0.25) is 0 Å². The van der Waals surface area contributed by atoms with Gasteiger partial charge in [0.2, 0.25) is 5.91 Å². The number of hydrogen-bond acceptors (Lipinski definition) is 4. The van der Waals surface area contributed by atoms with Crippen LogP contribution in [0, 0.1) is 5.92 Å². The Balaban J connectivity index is 1.71. The number of benzene rings is 2. The maximum Gasteiger partial charge on any atom is 0.224 e. The van der Waals surface area contributed by atoms with E-state index in [1.165, 1.54) is 10.5 Å². The van der Waals surface area contributed by atoms with Crippen LogP contribution in [0.25, 0.3) is 0 Å². The molecule has 1 aliphatic heterocycles. The van der Waals surface area contributed by atoms with E-state index < -0.39 is 0 Å². The van der Waals surface area contributed by atoms with Crippen LogP contribution in [0.1, 0.15) is 25.8 Å². The molecule has 162 valence electrons. The summed E-state index contributed by atoms with van der Waals surface area (Å²) in [5.74, 6) is 2.67. The normalized spacial score (nSPS) is 16.5. The van der Waals surface area contributed by atoms with Gasteiger partial charge in [-0.3, -0.25) is 4.79 Å². The molecule has 0 unspecified atom stereocenters. The lowest BCUT2D eigenvalue weighted by atomic mass is 10.1. The topological polar surface area (TPSA) is 32.8 Å². The number of carbonyl (C=O) groups excluding carboxylic acids is 1. The first kappa shape index (κ1) is 22.7. The van der Waals surface area contributed by atoms with Crippen molar-refractivity contribution in [3.05, 3.63) is 60.2 Å². The summed E-state index contributed by atoms with van der Waals surface area (Å²) in [4.78, 5) is 18.8. The Labute approximate surface area is 185 Å². The van der Waals surface area contributed by atoms with Gasteiger partial charge in [-0.05, 0) is 42.2 Å². The van der Waals surface area contributed by atoms with Crippen molar-refractivity contribution >= 4 is 17.7 Å². The van der Waals surface area contributed by atoms with Gasteiger partial charge in [0.05, 0.1) is 7.11 Å². The molecule has 0 spiro atoms. The van der Waals surface area contributed by atoms with E-state index in [0.29, 0.717) is 12.3 Å². The molecule has 4 nitrogen and oxygen atoms in total. The molecule has 0 radical (unpaired) electrons. The summed E-state index contributed by atoms with van der Waals surface area (Å²) < 4.78 is 5.27. The first-order valence-electron chi connectivity index (χ1n) is 10.9. The molecule has 0 saturated carbocycles. The molecule has 2 aromatic rings. The van der Waals surface area contributed by atoms with Gasteiger partial charge in [-0.15, -0.1) is 11.8 Å². The minimum absolute atomic E-state index is 0.186. The third-order valence-electron chi connectivity index (χ3n) is 5.50. The molecule has 0 aliphatic carbocycles. The average molecular weight is 427 g/mol. The van der Waals surface area contributed by atoms with Crippen molar-refractivity contribution in [1.82, 2.24) is 9.80 Å². The summed E-state index contributed by atoms with van der Waals surface area (Å²) in [5.41, 5.74) is 1.29. The van der Waals surface area contributed by atoms with Crippen LogP contribution in [-0.4, -0.2) is 60.8 Å². The lowest BCUT2D eigenvalue weighted by Crippen LogP contribution is -2.44. The smallest absolute Gasteiger partial charge is 0.224 e. The van der Waals surface area contributed by atoms with E-state index in [-0.39, 0.29) is 11.9 Å². The molecule has 30 heavy (non-hydrogen) atoms. The molecule has 0 aromatic heterocycles. The molecule has 5 heteroatoms. The fourth-order valence-electron chi connectivity index (χ4n) is 3.98. The van der Waals surface area contributed by atoms with Gasteiger partial charge >= 0.3 is 0 Å². The number of hydrogen-bond donors (Lipinski definition) is 0. The third-order valence-corrected chi connectivity index (χ3v) is 6.66. The summed E-state index contributed by atoms with van der Waals surface area (Å²) in [5, 5.41) is 0. The largest absolute Gasteiger partial charge is 0.497 e. The Bertz CT molecular complexity index is 779. The first-order valence-corrected chi connectivity index (χ1v) is 11.9. The number of thioether (sulfide) groups is 1. The Hall–Kier alpha value is -1.98. The second kappa shape index (κ2) is 11.4. The van der Waals surface area contributed by atoms with Gasteiger partial charge in [0.1, 0.15) is 5.75 Å². The van der Waals surface area contributed by atoms with E-state index in [2.05, 4.69) is 60.0 Å². The van der Waals surface area contributed by atoms with E-state index in [1.54, 1.807) is 7.11 Å². The van der Waals surface area contributed by atoms with Crippen molar-refractivity contribution in [3.63, 3.8) is 0 Å². The predicted molar refractivity (Wildman–Crippen MR) is 125 cm³/mol. The van der Waals surface area contributed by atoms with Gasteiger partial charge in [0.15, 0.2) is 0 Å². The molecule has 1 amide bonds. The van der Waals surface area contributed by atoms with Crippen molar-refractivity contribution in [2.24, 2.45) is 5.92 Å². The fourth-order valence-corrected chi connectivity index (χ4v) is 4.99. The third kappa shape index (κ3) is 6.78. The van der Waals surface area contributed by atoms with E-state index >= 15 is 0 Å². The lowest BCUT2D eigenvalue weighted by molar-refractivity contribution is -0.132. The molecule has 0 N–H and O–H groups in total.